The highest BCUT2D eigenvalue weighted by molar-refractivity contribution is 7.09. The molecule has 0 amide bonds. The van der Waals surface area contributed by atoms with Crippen molar-refractivity contribution >= 4 is 11.3 Å². The molecule has 0 aliphatic heterocycles. The largest absolute Gasteiger partial charge is 0.353 e. The van der Waals surface area contributed by atoms with Crippen molar-refractivity contribution in [1.29, 1.82) is 0 Å². The Labute approximate surface area is 102 Å². The van der Waals surface area contributed by atoms with E-state index in [4.69, 9.17) is 9.47 Å². The van der Waals surface area contributed by atoms with Gasteiger partial charge in [0.1, 0.15) is 0 Å². The van der Waals surface area contributed by atoms with E-state index in [-0.39, 0.29) is 6.29 Å². The molecule has 0 spiro atoms. The van der Waals surface area contributed by atoms with Gasteiger partial charge in [-0.25, -0.2) is 0 Å². The Morgan fingerprint density at radius 1 is 1.31 bits per heavy atom. The van der Waals surface area contributed by atoms with Gasteiger partial charge in [0.15, 0.2) is 6.29 Å². The molecule has 0 fully saturated rings. The van der Waals surface area contributed by atoms with Gasteiger partial charge in [-0.05, 0) is 25.3 Å². The van der Waals surface area contributed by atoms with Crippen LogP contribution in [0, 0.1) is 0 Å². The molecule has 0 aliphatic carbocycles. The van der Waals surface area contributed by atoms with E-state index in [1.165, 1.54) is 4.88 Å². The lowest BCUT2D eigenvalue weighted by molar-refractivity contribution is -0.138. The molecule has 1 aromatic rings. The average molecular weight is 243 g/mol. The molecule has 0 aliphatic rings. The fourth-order valence-corrected chi connectivity index (χ4v) is 2.11. The van der Waals surface area contributed by atoms with E-state index in [1.807, 2.05) is 13.8 Å². The summed E-state index contributed by atoms with van der Waals surface area (Å²) >= 11 is 1.78. The van der Waals surface area contributed by atoms with Gasteiger partial charge in [-0.3, -0.25) is 0 Å². The van der Waals surface area contributed by atoms with Crippen LogP contribution in [-0.2, 0) is 16.0 Å². The minimum Gasteiger partial charge on any atom is -0.353 e. The van der Waals surface area contributed by atoms with Crippen molar-refractivity contribution in [3.63, 3.8) is 0 Å². The number of hydrogen-bond donors (Lipinski definition) is 1. The molecule has 3 nitrogen and oxygen atoms in total. The Morgan fingerprint density at radius 3 is 2.62 bits per heavy atom. The minimum atomic E-state index is -0.0640. The standard InChI is InChI=1S/C12H21NO2S/c1-3-14-12(15-4-2)7-8-13-10-11-6-5-9-16-11/h5-6,9,12-13H,3-4,7-8,10H2,1-2H3. The van der Waals surface area contributed by atoms with Gasteiger partial charge in [-0.1, -0.05) is 6.07 Å². The lowest BCUT2D eigenvalue weighted by atomic mass is 10.4. The van der Waals surface area contributed by atoms with E-state index >= 15 is 0 Å². The van der Waals surface area contributed by atoms with Gasteiger partial charge < -0.3 is 14.8 Å². The van der Waals surface area contributed by atoms with Crippen molar-refractivity contribution in [2.45, 2.75) is 33.1 Å². The van der Waals surface area contributed by atoms with Crippen LogP contribution in [0.15, 0.2) is 17.5 Å². The SMILES string of the molecule is CCOC(CCNCc1cccs1)OCC. The third-order valence-corrected chi connectivity index (χ3v) is 3.02. The zero-order valence-corrected chi connectivity index (χ0v) is 10.9. The fraction of sp³-hybridized carbons (Fsp3) is 0.667. The van der Waals surface area contributed by atoms with Crippen molar-refractivity contribution in [2.75, 3.05) is 19.8 Å². The first-order valence-corrected chi connectivity index (χ1v) is 6.71. The predicted octanol–water partition coefficient (Wildman–Crippen LogP) is 2.63. The van der Waals surface area contributed by atoms with Crippen LogP contribution in [-0.4, -0.2) is 26.0 Å². The van der Waals surface area contributed by atoms with Crippen LogP contribution in [0.4, 0.5) is 0 Å². The molecule has 0 radical (unpaired) electrons. The number of thiophene rings is 1. The maximum atomic E-state index is 5.46. The fourth-order valence-electron chi connectivity index (χ4n) is 1.43. The van der Waals surface area contributed by atoms with Crippen molar-refractivity contribution in [3.8, 4) is 0 Å². The van der Waals surface area contributed by atoms with Crippen molar-refractivity contribution in [3.05, 3.63) is 22.4 Å². The molecule has 1 N–H and O–H groups in total. The summed E-state index contributed by atoms with van der Waals surface area (Å²) in [5.41, 5.74) is 0. The smallest absolute Gasteiger partial charge is 0.158 e. The van der Waals surface area contributed by atoms with E-state index < -0.39 is 0 Å². The quantitative estimate of drug-likeness (QED) is 0.534. The predicted molar refractivity (Wildman–Crippen MR) is 67.7 cm³/mol. The third-order valence-electron chi connectivity index (χ3n) is 2.14. The monoisotopic (exact) mass is 243 g/mol. The molecule has 1 heterocycles. The minimum absolute atomic E-state index is 0.0640. The van der Waals surface area contributed by atoms with Crippen LogP contribution in [0.1, 0.15) is 25.1 Å². The molecule has 92 valence electrons. The summed E-state index contributed by atoms with van der Waals surface area (Å²) in [6.45, 7) is 7.24. The van der Waals surface area contributed by atoms with Gasteiger partial charge in [-0.2, -0.15) is 0 Å². The van der Waals surface area contributed by atoms with Crippen LogP contribution >= 0.6 is 11.3 Å². The lowest BCUT2D eigenvalue weighted by Crippen LogP contribution is -2.24. The number of hydrogen-bond acceptors (Lipinski definition) is 4. The summed E-state index contributed by atoms with van der Waals surface area (Å²) in [6.07, 6.45) is 0.832. The molecule has 0 saturated heterocycles. The Kier molecular flexibility index (Phi) is 7.42. The third kappa shape index (κ3) is 5.61. The highest BCUT2D eigenvalue weighted by Crippen LogP contribution is 2.07. The average Bonchev–Trinajstić information content (AvgIpc) is 2.78. The van der Waals surface area contributed by atoms with Crippen molar-refractivity contribution in [2.24, 2.45) is 0 Å². The Morgan fingerprint density at radius 2 is 2.06 bits per heavy atom. The first-order chi connectivity index (χ1) is 7.86. The topological polar surface area (TPSA) is 30.5 Å². The zero-order chi connectivity index (χ0) is 11.6. The molecule has 0 aromatic carbocycles. The van der Waals surface area contributed by atoms with Crippen LogP contribution in [0.3, 0.4) is 0 Å². The van der Waals surface area contributed by atoms with E-state index in [0.29, 0.717) is 13.2 Å². The molecule has 1 aromatic heterocycles. The van der Waals surface area contributed by atoms with Crippen LogP contribution in [0.25, 0.3) is 0 Å². The normalized spacial score (nSPS) is 11.2. The molecule has 0 atom stereocenters. The van der Waals surface area contributed by atoms with Gasteiger partial charge in [0.25, 0.3) is 0 Å². The van der Waals surface area contributed by atoms with Crippen LogP contribution in [0.2, 0.25) is 0 Å². The lowest BCUT2D eigenvalue weighted by Gasteiger charge is -2.16. The molecule has 1 rings (SSSR count). The Hall–Kier alpha value is -0.420. The molecule has 4 heteroatoms. The van der Waals surface area contributed by atoms with E-state index in [9.17, 15) is 0 Å². The highest BCUT2D eigenvalue weighted by atomic mass is 32.1. The molecular formula is C12H21NO2S. The second-order valence-corrected chi connectivity index (χ2v) is 4.42. The van der Waals surface area contributed by atoms with E-state index in [1.54, 1.807) is 11.3 Å². The molecule has 0 saturated carbocycles. The van der Waals surface area contributed by atoms with Crippen LogP contribution < -0.4 is 5.32 Å². The highest BCUT2D eigenvalue weighted by Gasteiger charge is 2.06. The van der Waals surface area contributed by atoms with E-state index in [2.05, 4.69) is 22.8 Å². The summed E-state index contributed by atoms with van der Waals surface area (Å²) < 4.78 is 10.9. The Balaban J connectivity index is 2.08. The van der Waals surface area contributed by atoms with Crippen molar-refractivity contribution in [1.82, 2.24) is 5.32 Å². The van der Waals surface area contributed by atoms with Gasteiger partial charge in [-0.15, -0.1) is 11.3 Å². The first-order valence-electron chi connectivity index (χ1n) is 5.83. The number of ether oxygens (including phenoxy) is 2. The van der Waals surface area contributed by atoms with E-state index in [0.717, 1.165) is 19.5 Å². The molecule has 0 unspecified atom stereocenters. The number of rotatable bonds is 9. The number of nitrogens with one attached hydrogen (secondary N) is 1. The van der Waals surface area contributed by atoms with Gasteiger partial charge in [0, 0.05) is 37.6 Å². The molecular weight excluding hydrogens is 222 g/mol. The maximum Gasteiger partial charge on any atom is 0.158 e. The summed E-state index contributed by atoms with van der Waals surface area (Å²) in [5.74, 6) is 0. The van der Waals surface area contributed by atoms with Crippen LogP contribution in [0.5, 0.6) is 0 Å². The zero-order valence-electron chi connectivity index (χ0n) is 10.1. The van der Waals surface area contributed by atoms with Crippen molar-refractivity contribution < 1.29 is 9.47 Å². The second kappa shape index (κ2) is 8.70. The molecule has 0 bridgehead atoms. The maximum absolute atomic E-state index is 5.46. The van der Waals surface area contributed by atoms with Gasteiger partial charge in [0.2, 0.25) is 0 Å². The first kappa shape index (κ1) is 13.6. The van der Waals surface area contributed by atoms with Gasteiger partial charge in [0.05, 0.1) is 0 Å². The second-order valence-electron chi connectivity index (χ2n) is 3.39. The Bertz CT molecular complexity index is 246. The van der Waals surface area contributed by atoms with Gasteiger partial charge >= 0.3 is 0 Å². The summed E-state index contributed by atoms with van der Waals surface area (Å²) in [7, 11) is 0. The summed E-state index contributed by atoms with van der Waals surface area (Å²) in [4.78, 5) is 1.37. The summed E-state index contributed by atoms with van der Waals surface area (Å²) in [5, 5.41) is 5.48. The molecule has 16 heavy (non-hydrogen) atoms. The summed E-state index contributed by atoms with van der Waals surface area (Å²) in [6, 6.07) is 4.21.